The smallest absolute Gasteiger partial charge is 0.605 e. The zero-order valence-electron chi connectivity index (χ0n) is 12.0. The van der Waals surface area contributed by atoms with Crippen molar-refractivity contribution in [1.29, 1.82) is 0 Å². The molecular formula is C12H5K4O3W+. The van der Waals surface area contributed by atoms with Crippen LogP contribution in [0.2, 0.25) is 0 Å². The number of benzene rings is 1. The molecule has 0 amide bonds. The third kappa shape index (κ3) is 6.35. The fraction of sp³-hybridized carbons (Fsp3) is 0. The summed E-state index contributed by atoms with van der Waals surface area (Å²) in [4.78, 5) is 23.3. The van der Waals surface area contributed by atoms with Crippen molar-refractivity contribution in [2.24, 2.45) is 0 Å². The van der Waals surface area contributed by atoms with Crippen LogP contribution in [-0.2, 0) is 21.1 Å². The van der Waals surface area contributed by atoms with Gasteiger partial charge in [0.1, 0.15) is 5.43 Å². The Morgan fingerprint density at radius 3 is 2.30 bits per heavy atom. The van der Waals surface area contributed by atoms with E-state index in [0.29, 0.717) is 21.4 Å². The van der Waals surface area contributed by atoms with Gasteiger partial charge in [0.2, 0.25) is 0 Å². The molecule has 3 nitrogen and oxygen atoms in total. The van der Waals surface area contributed by atoms with E-state index in [1.54, 1.807) is 12.1 Å². The molecule has 8 heteroatoms. The summed E-state index contributed by atoms with van der Waals surface area (Å²) in [6.07, 6.45) is 1.42. The Bertz CT molecular complexity index is 821. The molecule has 0 radical (unpaired) electrons. The Balaban J connectivity index is -0.000000578. The summed E-state index contributed by atoms with van der Waals surface area (Å²) in [6.45, 7) is 0. The van der Waals surface area contributed by atoms with Gasteiger partial charge in [0, 0.05) is 21.1 Å². The van der Waals surface area contributed by atoms with E-state index >= 15 is 0 Å². The van der Waals surface area contributed by atoms with Crippen molar-refractivity contribution >= 4 is 10.8 Å². The van der Waals surface area contributed by atoms with Crippen LogP contribution in [0.1, 0.15) is 0 Å². The predicted molar refractivity (Wildman–Crippen MR) is 54.1 cm³/mol. The van der Waals surface area contributed by atoms with E-state index in [2.05, 4.69) is 6.07 Å². The van der Waals surface area contributed by atoms with Crippen LogP contribution in [0.25, 0.3) is 10.8 Å². The van der Waals surface area contributed by atoms with Crippen molar-refractivity contribution in [3.8, 4) is 0 Å². The average Bonchev–Trinajstić information content (AvgIpc) is 2.75. The third-order valence-electron chi connectivity index (χ3n) is 2.47. The van der Waals surface area contributed by atoms with Crippen LogP contribution in [-0.4, -0.2) is 0 Å². The molecule has 2 aliphatic rings. The summed E-state index contributed by atoms with van der Waals surface area (Å²) >= 11 is 0. The topological polar surface area (TPSA) is 47.3 Å². The first-order valence-electron chi connectivity index (χ1n) is 4.46. The van der Waals surface area contributed by atoms with Crippen LogP contribution in [0, 0.1) is 16.7 Å². The Kier molecular flexibility index (Phi) is 21.1. The number of hydrogen-bond acceptors (Lipinski definition) is 3. The van der Waals surface area contributed by atoms with E-state index in [-0.39, 0.29) is 227 Å². The molecule has 1 aliphatic heterocycles. The summed E-state index contributed by atoms with van der Waals surface area (Å²) in [5, 5.41) is 1.38. The van der Waals surface area contributed by atoms with Gasteiger partial charge in [-0.05, 0) is 0 Å². The Labute approximate surface area is 300 Å². The maximum Gasteiger partial charge on any atom is 1.00 e. The maximum atomic E-state index is 11.7. The SMILES string of the molecule is O=c1c2[cH-][cH-]oc=2c2cc[c-]cc2c1=O.[K+].[K+].[K+].[K+].[W]. The Morgan fingerprint density at radius 1 is 1.00 bits per heavy atom. The zero-order chi connectivity index (χ0) is 10.4. The minimum atomic E-state index is -0.508. The molecule has 1 aromatic carbocycles. The molecule has 3 rings (SSSR count). The largest absolute Gasteiger partial charge is 1.00 e. The van der Waals surface area contributed by atoms with Crippen LogP contribution in [0.5, 0.6) is 0 Å². The van der Waals surface area contributed by atoms with Gasteiger partial charge in [-0.1, -0.05) is 11.7 Å². The average molecular weight is 537 g/mol. The van der Waals surface area contributed by atoms with E-state index in [0.717, 1.165) is 0 Å². The van der Waals surface area contributed by atoms with Crippen LogP contribution in [0.4, 0.5) is 0 Å². The Hall–Kier alpha value is 5.07. The molecule has 1 aliphatic carbocycles. The first-order valence-corrected chi connectivity index (χ1v) is 4.46. The molecule has 1 aromatic rings. The molecule has 0 unspecified atom stereocenters. The van der Waals surface area contributed by atoms with Crippen molar-refractivity contribution < 1.29 is 231 Å². The van der Waals surface area contributed by atoms with E-state index in [1.165, 1.54) is 18.4 Å². The quantitative estimate of drug-likeness (QED) is 0.163. The summed E-state index contributed by atoms with van der Waals surface area (Å²) in [6, 6.07) is 9.23. The molecule has 0 saturated carbocycles. The van der Waals surface area contributed by atoms with Crippen molar-refractivity contribution in [2.75, 3.05) is 0 Å². The molecule has 0 fully saturated rings. The first-order chi connectivity index (χ1) is 7.29. The van der Waals surface area contributed by atoms with Crippen molar-refractivity contribution in [2.45, 2.75) is 0 Å². The maximum absolute atomic E-state index is 11.7. The molecule has 0 atom stereocenters. The molecule has 0 N–H and O–H groups in total. The minimum absolute atomic E-state index is 0. The minimum Gasteiger partial charge on any atom is -0.605 e. The van der Waals surface area contributed by atoms with Crippen molar-refractivity contribution in [3.05, 3.63) is 67.7 Å². The van der Waals surface area contributed by atoms with Gasteiger partial charge in [-0.15, -0.1) is 5.39 Å². The normalized spacial score (nSPS) is 8.40. The molecule has 0 spiro atoms. The second kappa shape index (κ2) is 14.2. The van der Waals surface area contributed by atoms with Crippen molar-refractivity contribution in [3.63, 3.8) is 0 Å². The zero-order valence-corrected chi connectivity index (χ0v) is 27.4. The van der Waals surface area contributed by atoms with Crippen molar-refractivity contribution in [1.82, 2.24) is 0 Å². The fourth-order valence-corrected chi connectivity index (χ4v) is 1.76. The van der Waals surface area contributed by atoms with E-state index in [4.69, 9.17) is 4.42 Å². The van der Waals surface area contributed by atoms with Crippen LogP contribution in [0.3, 0.4) is 0 Å². The number of hydrogen-bond donors (Lipinski definition) is 0. The molecule has 1 heterocycles. The standard InChI is InChI=1S/C12H5O3.4K.W/c13-10-7-3-1-2-4-8(7)12-9(11(10)14)5-6-15-12;;;;;/h2-6H;;;;;/q-3;4*+1;. The van der Waals surface area contributed by atoms with Gasteiger partial charge in [-0.25, -0.2) is 6.07 Å². The van der Waals surface area contributed by atoms with Gasteiger partial charge in [-0.3, -0.25) is 0 Å². The van der Waals surface area contributed by atoms with Gasteiger partial charge in [0.05, 0.1) is 5.43 Å². The first kappa shape index (κ1) is 29.8. The van der Waals surface area contributed by atoms with Crippen LogP contribution in [0.15, 0.2) is 44.5 Å². The molecule has 0 aromatic heterocycles. The van der Waals surface area contributed by atoms with Gasteiger partial charge in [0.25, 0.3) is 0 Å². The van der Waals surface area contributed by atoms with Crippen LogP contribution >= 0.6 is 0 Å². The Morgan fingerprint density at radius 2 is 1.65 bits per heavy atom. The second-order valence-electron chi connectivity index (χ2n) is 3.29. The molecule has 80 valence electrons. The fourth-order valence-electron chi connectivity index (χ4n) is 1.76. The van der Waals surface area contributed by atoms with Gasteiger partial charge >= 0.3 is 206 Å². The summed E-state index contributed by atoms with van der Waals surface area (Å²) in [5.74, 6) is 0. The van der Waals surface area contributed by atoms with Crippen LogP contribution < -0.4 is 216 Å². The third-order valence-corrected chi connectivity index (χ3v) is 2.47. The molecule has 0 saturated heterocycles. The summed E-state index contributed by atoms with van der Waals surface area (Å²) in [7, 11) is 0. The van der Waals surface area contributed by atoms with E-state index in [9.17, 15) is 9.59 Å². The summed E-state index contributed by atoms with van der Waals surface area (Å²) < 4.78 is 5.21. The molecular weight excluding hydrogens is 532 g/mol. The van der Waals surface area contributed by atoms with E-state index in [1.807, 2.05) is 0 Å². The van der Waals surface area contributed by atoms with Gasteiger partial charge in [0.15, 0.2) is 0 Å². The van der Waals surface area contributed by atoms with Gasteiger partial charge in [-0.2, -0.15) is 34.9 Å². The summed E-state index contributed by atoms with van der Waals surface area (Å²) in [5.41, 5.74) is -0.523. The monoisotopic (exact) mass is 537 g/mol. The molecule has 20 heavy (non-hydrogen) atoms. The van der Waals surface area contributed by atoms with Gasteiger partial charge < -0.3 is 14.0 Å². The number of rotatable bonds is 0. The second-order valence-corrected chi connectivity index (χ2v) is 3.29. The molecule has 0 bridgehead atoms. The predicted octanol–water partition coefficient (Wildman–Crippen LogP) is -10.9. The van der Waals surface area contributed by atoms with E-state index < -0.39 is 10.9 Å². The number of fused-ring (bicyclic) bond motifs is 2.